The van der Waals surface area contributed by atoms with Crippen molar-refractivity contribution in [2.75, 3.05) is 13.1 Å². The van der Waals surface area contributed by atoms with Crippen molar-refractivity contribution in [2.24, 2.45) is 11.7 Å². The Balaban J connectivity index is 2.46. The molecule has 1 amide bonds. The van der Waals surface area contributed by atoms with Crippen molar-refractivity contribution >= 4 is 5.91 Å². The van der Waals surface area contributed by atoms with Gasteiger partial charge in [0.25, 0.3) is 0 Å². The van der Waals surface area contributed by atoms with Crippen LogP contribution < -0.4 is 11.1 Å². The summed E-state index contributed by atoms with van der Waals surface area (Å²) in [6.45, 7) is 7.69. The molecule has 0 fully saturated rings. The molecule has 3 heteroatoms. The largest absolute Gasteiger partial charge is 0.356 e. The van der Waals surface area contributed by atoms with E-state index < -0.39 is 0 Å². The molecule has 1 aromatic rings. The number of amides is 1. The van der Waals surface area contributed by atoms with Crippen molar-refractivity contribution in [3.63, 3.8) is 0 Å². The first-order valence-electron chi connectivity index (χ1n) is 7.12. The highest BCUT2D eigenvalue weighted by Gasteiger charge is 2.07. The van der Waals surface area contributed by atoms with Crippen LogP contribution in [0.3, 0.4) is 0 Å². The summed E-state index contributed by atoms with van der Waals surface area (Å²) in [4.78, 5) is 11.8. The van der Waals surface area contributed by atoms with Crippen LogP contribution >= 0.6 is 0 Å². The van der Waals surface area contributed by atoms with Crippen molar-refractivity contribution in [3.05, 3.63) is 35.4 Å². The zero-order valence-corrected chi connectivity index (χ0v) is 12.3. The molecular weight excluding hydrogens is 236 g/mol. The van der Waals surface area contributed by atoms with E-state index in [-0.39, 0.29) is 5.91 Å². The molecule has 3 N–H and O–H groups in total. The Morgan fingerprint density at radius 1 is 1.26 bits per heavy atom. The molecule has 3 nitrogen and oxygen atoms in total. The van der Waals surface area contributed by atoms with Crippen LogP contribution in [0, 0.1) is 5.92 Å². The van der Waals surface area contributed by atoms with Crippen LogP contribution in [-0.2, 0) is 11.2 Å². The highest BCUT2D eigenvalue weighted by Crippen LogP contribution is 2.18. The second kappa shape index (κ2) is 7.95. The standard InChI is InChI=1S/C16H26N2O/c1-4-13(3)15-7-5-14(6-8-15)9-16(19)18-11-12(2)10-17/h5-8,12-13H,4,9-11,17H2,1-3H3,(H,18,19). The van der Waals surface area contributed by atoms with Crippen molar-refractivity contribution in [1.82, 2.24) is 5.32 Å². The van der Waals surface area contributed by atoms with E-state index in [1.807, 2.05) is 19.1 Å². The molecule has 1 aromatic carbocycles. The van der Waals surface area contributed by atoms with E-state index in [1.54, 1.807) is 0 Å². The number of carbonyl (C=O) groups excluding carboxylic acids is 1. The fraction of sp³-hybridized carbons (Fsp3) is 0.562. The Morgan fingerprint density at radius 2 is 1.89 bits per heavy atom. The van der Waals surface area contributed by atoms with E-state index in [0.717, 1.165) is 12.0 Å². The van der Waals surface area contributed by atoms with Crippen LogP contribution in [0.2, 0.25) is 0 Å². The molecule has 0 saturated carbocycles. The SMILES string of the molecule is CCC(C)c1ccc(CC(=O)NCC(C)CN)cc1. The molecular formula is C16H26N2O. The average Bonchev–Trinajstić information content (AvgIpc) is 2.44. The third-order valence-electron chi connectivity index (χ3n) is 3.58. The quantitative estimate of drug-likeness (QED) is 0.793. The average molecular weight is 262 g/mol. The fourth-order valence-corrected chi connectivity index (χ4v) is 1.82. The number of carbonyl (C=O) groups is 1. The maximum atomic E-state index is 11.8. The normalized spacial score (nSPS) is 13.9. The van der Waals surface area contributed by atoms with Gasteiger partial charge in [0, 0.05) is 6.54 Å². The number of hydrogen-bond donors (Lipinski definition) is 2. The number of rotatable bonds is 7. The lowest BCUT2D eigenvalue weighted by Crippen LogP contribution is -2.32. The van der Waals surface area contributed by atoms with Gasteiger partial charge in [-0.2, -0.15) is 0 Å². The van der Waals surface area contributed by atoms with Gasteiger partial charge in [0.1, 0.15) is 0 Å². The van der Waals surface area contributed by atoms with Crippen LogP contribution in [0.5, 0.6) is 0 Å². The van der Waals surface area contributed by atoms with E-state index in [1.165, 1.54) is 5.56 Å². The smallest absolute Gasteiger partial charge is 0.224 e. The molecule has 1 rings (SSSR count). The number of hydrogen-bond acceptors (Lipinski definition) is 2. The van der Waals surface area contributed by atoms with Crippen molar-refractivity contribution in [1.29, 1.82) is 0 Å². The molecule has 0 radical (unpaired) electrons. The Kier molecular flexibility index (Phi) is 6.57. The molecule has 0 aliphatic heterocycles. The molecule has 0 spiro atoms. The van der Waals surface area contributed by atoms with Gasteiger partial charge in [-0.05, 0) is 35.9 Å². The van der Waals surface area contributed by atoms with Crippen molar-refractivity contribution < 1.29 is 4.79 Å². The number of nitrogens with one attached hydrogen (secondary N) is 1. The van der Waals surface area contributed by atoms with Gasteiger partial charge >= 0.3 is 0 Å². The van der Waals surface area contributed by atoms with E-state index in [4.69, 9.17) is 5.73 Å². The summed E-state index contributed by atoms with van der Waals surface area (Å²) in [7, 11) is 0. The summed E-state index contributed by atoms with van der Waals surface area (Å²) in [5.74, 6) is 0.974. The summed E-state index contributed by atoms with van der Waals surface area (Å²) in [5.41, 5.74) is 7.91. The molecule has 0 aromatic heterocycles. The number of benzene rings is 1. The van der Waals surface area contributed by atoms with Gasteiger partial charge in [0.15, 0.2) is 0 Å². The summed E-state index contributed by atoms with van der Waals surface area (Å²) in [6, 6.07) is 8.35. The van der Waals surface area contributed by atoms with Crippen LogP contribution in [0.25, 0.3) is 0 Å². The third kappa shape index (κ3) is 5.43. The second-order valence-electron chi connectivity index (χ2n) is 5.37. The molecule has 19 heavy (non-hydrogen) atoms. The topological polar surface area (TPSA) is 55.1 Å². The van der Waals surface area contributed by atoms with Crippen LogP contribution in [0.4, 0.5) is 0 Å². The zero-order valence-electron chi connectivity index (χ0n) is 12.3. The van der Waals surface area contributed by atoms with E-state index in [9.17, 15) is 4.79 Å². The Hall–Kier alpha value is -1.35. The van der Waals surface area contributed by atoms with E-state index >= 15 is 0 Å². The number of nitrogens with two attached hydrogens (primary N) is 1. The molecule has 0 aliphatic rings. The first kappa shape index (κ1) is 15.7. The molecule has 2 unspecified atom stereocenters. The Morgan fingerprint density at radius 3 is 2.42 bits per heavy atom. The highest BCUT2D eigenvalue weighted by molar-refractivity contribution is 5.78. The lowest BCUT2D eigenvalue weighted by atomic mass is 9.97. The van der Waals surface area contributed by atoms with E-state index in [0.29, 0.717) is 31.3 Å². The van der Waals surface area contributed by atoms with Gasteiger partial charge in [0.05, 0.1) is 6.42 Å². The Labute approximate surface area is 116 Å². The third-order valence-corrected chi connectivity index (χ3v) is 3.58. The zero-order chi connectivity index (χ0) is 14.3. The minimum Gasteiger partial charge on any atom is -0.356 e. The van der Waals surface area contributed by atoms with Gasteiger partial charge in [-0.25, -0.2) is 0 Å². The fourth-order valence-electron chi connectivity index (χ4n) is 1.82. The van der Waals surface area contributed by atoms with Gasteiger partial charge in [-0.15, -0.1) is 0 Å². The molecule has 0 bridgehead atoms. The first-order chi connectivity index (χ1) is 9.06. The second-order valence-corrected chi connectivity index (χ2v) is 5.37. The van der Waals surface area contributed by atoms with Crippen molar-refractivity contribution in [2.45, 2.75) is 39.5 Å². The maximum Gasteiger partial charge on any atom is 0.224 e. The lowest BCUT2D eigenvalue weighted by molar-refractivity contribution is -0.120. The predicted octanol–water partition coefficient (Wildman–Crippen LogP) is 2.45. The Bertz CT molecular complexity index is 386. The lowest BCUT2D eigenvalue weighted by Gasteiger charge is -2.11. The van der Waals surface area contributed by atoms with Gasteiger partial charge in [-0.1, -0.05) is 45.0 Å². The summed E-state index contributed by atoms with van der Waals surface area (Å²) < 4.78 is 0. The van der Waals surface area contributed by atoms with Gasteiger partial charge < -0.3 is 11.1 Å². The van der Waals surface area contributed by atoms with Crippen molar-refractivity contribution in [3.8, 4) is 0 Å². The summed E-state index contributed by atoms with van der Waals surface area (Å²) in [6.07, 6.45) is 1.58. The van der Waals surface area contributed by atoms with Crippen LogP contribution in [-0.4, -0.2) is 19.0 Å². The highest BCUT2D eigenvalue weighted by atomic mass is 16.1. The summed E-state index contributed by atoms with van der Waals surface area (Å²) >= 11 is 0. The molecule has 0 saturated heterocycles. The summed E-state index contributed by atoms with van der Waals surface area (Å²) in [5, 5.41) is 2.91. The molecule has 106 valence electrons. The van der Waals surface area contributed by atoms with Gasteiger partial charge in [-0.3, -0.25) is 4.79 Å². The molecule has 0 heterocycles. The molecule has 2 atom stereocenters. The first-order valence-corrected chi connectivity index (χ1v) is 7.12. The van der Waals surface area contributed by atoms with Crippen LogP contribution in [0.15, 0.2) is 24.3 Å². The van der Waals surface area contributed by atoms with Gasteiger partial charge in [0.2, 0.25) is 5.91 Å². The monoisotopic (exact) mass is 262 g/mol. The van der Waals surface area contributed by atoms with Crippen LogP contribution in [0.1, 0.15) is 44.2 Å². The molecule has 0 aliphatic carbocycles. The van der Waals surface area contributed by atoms with E-state index in [2.05, 4.69) is 31.3 Å². The minimum absolute atomic E-state index is 0.0663. The minimum atomic E-state index is 0.0663. The maximum absolute atomic E-state index is 11.8. The predicted molar refractivity (Wildman–Crippen MR) is 80.1 cm³/mol.